The number of thiophene rings is 1. The van der Waals surface area contributed by atoms with Gasteiger partial charge in [0.1, 0.15) is 17.3 Å². The highest BCUT2D eigenvalue weighted by Gasteiger charge is 2.30. The highest BCUT2D eigenvalue weighted by molar-refractivity contribution is 7.09. The van der Waals surface area contributed by atoms with Crippen LogP contribution in [0.3, 0.4) is 0 Å². The van der Waals surface area contributed by atoms with Crippen LogP contribution >= 0.6 is 22.9 Å². The van der Waals surface area contributed by atoms with Gasteiger partial charge >= 0.3 is 0 Å². The quantitative estimate of drug-likeness (QED) is 0.794. The van der Waals surface area contributed by atoms with Gasteiger partial charge in [-0.1, -0.05) is 17.7 Å². The number of anilines is 1. The van der Waals surface area contributed by atoms with Crippen molar-refractivity contribution >= 4 is 28.8 Å². The molecule has 5 heteroatoms. The Morgan fingerprint density at radius 1 is 1.41 bits per heavy atom. The Hall–Kier alpha value is -1.13. The summed E-state index contributed by atoms with van der Waals surface area (Å²) in [7, 11) is 0. The molecule has 2 aromatic rings. The predicted molar refractivity (Wildman–Crippen MR) is 70.6 cm³/mol. The van der Waals surface area contributed by atoms with E-state index in [2.05, 4.69) is 32.4 Å². The van der Waals surface area contributed by atoms with Crippen LogP contribution in [0.1, 0.15) is 17.7 Å². The summed E-state index contributed by atoms with van der Waals surface area (Å²) >= 11 is 7.70. The minimum absolute atomic E-state index is 0.506. The number of rotatable bonds is 4. The molecule has 0 amide bonds. The number of nitrogens with zero attached hydrogens (tertiary/aromatic N) is 3. The van der Waals surface area contributed by atoms with Gasteiger partial charge in [-0.3, -0.25) is 0 Å². The Kier molecular flexibility index (Phi) is 2.99. The molecule has 0 atom stereocenters. The van der Waals surface area contributed by atoms with E-state index in [1.807, 2.05) is 6.07 Å². The first-order valence-electron chi connectivity index (χ1n) is 5.59. The van der Waals surface area contributed by atoms with E-state index in [0.29, 0.717) is 11.2 Å². The van der Waals surface area contributed by atoms with Crippen molar-refractivity contribution < 1.29 is 0 Å². The molecule has 3 nitrogen and oxygen atoms in total. The van der Waals surface area contributed by atoms with Crippen LogP contribution in [0.4, 0.5) is 5.82 Å². The first-order chi connectivity index (χ1) is 8.33. The van der Waals surface area contributed by atoms with Crippen LogP contribution in [0.2, 0.25) is 5.15 Å². The van der Waals surface area contributed by atoms with E-state index in [1.165, 1.54) is 24.0 Å². The monoisotopic (exact) mass is 265 g/mol. The summed E-state index contributed by atoms with van der Waals surface area (Å²) in [6, 6.07) is 6.69. The second kappa shape index (κ2) is 4.63. The second-order valence-corrected chi connectivity index (χ2v) is 5.56. The Bertz CT molecular complexity index is 496. The summed E-state index contributed by atoms with van der Waals surface area (Å²) in [5.41, 5.74) is 0. The van der Waals surface area contributed by atoms with E-state index in [4.69, 9.17) is 11.6 Å². The molecule has 1 aliphatic rings. The molecule has 1 aliphatic carbocycles. The zero-order valence-electron chi connectivity index (χ0n) is 9.21. The van der Waals surface area contributed by atoms with Crippen LogP contribution in [0.15, 0.2) is 29.9 Å². The van der Waals surface area contributed by atoms with Gasteiger partial charge in [0.15, 0.2) is 0 Å². The topological polar surface area (TPSA) is 29.0 Å². The van der Waals surface area contributed by atoms with Crippen molar-refractivity contribution in [3.63, 3.8) is 0 Å². The summed E-state index contributed by atoms with van der Waals surface area (Å²) in [5, 5.41) is 2.61. The minimum Gasteiger partial charge on any atom is -0.348 e. The number of hydrogen-bond acceptors (Lipinski definition) is 4. The van der Waals surface area contributed by atoms with Crippen molar-refractivity contribution in [1.82, 2.24) is 9.97 Å². The molecule has 0 spiro atoms. The van der Waals surface area contributed by atoms with Crippen molar-refractivity contribution in [3.8, 4) is 0 Å². The Morgan fingerprint density at radius 2 is 2.29 bits per heavy atom. The number of hydrogen-bond donors (Lipinski definition) is 0. The molecule has 0 unspecified atom stereocenters. The van der Waals surface area contributed by atoms with Crippen LogP contribution in [0.25, 0.3) is 0 Å². The molecule has 0 bridgehead atoms. The van der Waals surface area contributed by atoms with E-state index in [0.717, 1.165) is 12.4 Å². The molecule has 2 aromatic heterocycles. The third-order valence-corrected chi connectivity index (χ3v) is 3.88. The maximum Gasteiger partial charge on any atom is 0.134 e. The number of aromatic nitrogens is 2. The fraction of sp³-hybridized carbons (Fsp3) is 0.333. The Labute approximate surface area is 109 Å². The van der Waals surface area contributed by atoms with E-state index in [9.17, 15) is 0 Å². The predicted octanol–water partition coefficient (Wildman–Crippen LogP) is 3.36. The van der Waals surface area contributed by atoms with Gasteiger partial charge in [-0.2, -0.15) is 0 Å². The molecule has 1 saturated carbocycles. The Morgan fingerprint density at radius 3 is 2.94 bits per heavy atom. The van der Waals surface area contributed by atoms with Crippen molar-refractivity contribution in [2.24, 2.45) is 0 Å². The SMILES string of the molecule is Clc1cc(N(Cc2cccs2)C2CC2)ncn1. The van der Waals surface area contributed by atoms with Gasteiger partial charge in [-0.15, -0.1) is 11.3 Å². The maximum atomic E-state index is 5.92. The lowest BCUT2D eigenvalue weighted by Crippen LogP contribution is -2.25. The molecule has 0 radical (unpaired) electrons. The third kappa shape index (κ3) is 2.58. The van der Waals surface area contributed by atoms with Crippen molar-refractivity contribution in [3.05, 3.63) is 39.9 Å². The van der Waals surface area contributed by atoms with E-state index >= 15 is 0 Å². The lowest BCUT2D eigenvalue weighted by Gasteiger charge is -2.22. The van der Waals surface area contributed by atoms with Gasteiger partial charge in [0, 0.05) is 17.0 Å². The summed E-state index contributed by atoms with van der Waals surface area (Å²) in [6.45, 7) is 0.912. The third-order valence-electron chi connectivity index (χ3n) is 2.81. The van der Waals surface area contributed by atoms with Crippen molar-refractivity contribution in [2.75, 3.05) is 4.90 Å². The van der Waals surface area contributed by atoms with E-state index < -0.39 is 0 Å². The van der Waals surface area contributed by atoms with Crippen LogP contribution in [-0.2, 0) is 6.54 Å². The molecule has 0 N–H and O–H groups in total. The molecule has 0 aromatic carbocycles. The van der Waals surface area contributed by atoms with Gasteiger partial charge in [-0.25, -0.2) is 9.97 Å². The fourth-order valence-electron chi connectivity index (χ4n) is 1.84. The standard InChI is InChI=1S/C12H12ClN3S/c13-11-6-12(15-8-14-11)16(9-3-4-9)7-10-2-1-5-17-10/h1-2,5-6,8-9H,3-4,7H2. The van der Waals surface area contributed by atoms with E-state index in [-0.39, 0.29) is 0 Å². The lowest BCUT2D eigenvalue weighted by molar-refractivity contribution is 0.783. The van der Waals surface area contributed by atoms with Gasteiger partial charge in [0.05, 0.1) is 6.54 Å². The summed E-state index contributed by atoms with van der Waals surface area (Å²) in [6.07, 6.45) is 4.02. The lowest BCUT2D eigenvalue weighted by atomic mass is 10.4. The van der Waals surface area contributed by atoms with Crippen LogP contribution < -0.4 is 4.90 Å². The average Bonchev–Trinajstić information content (AvgIpc) is 3.03. The molecule has 0 aliphatic heterocycles. The highest BCUT2D eigenvalue weighted by atomic mass is 35.5. The van der Waals surface area contributed by atoms with Gasteiger partial charge < -0.3 is 4.90 Å². The molecule has 88 valence electrons. The smallest absolute Gasteiger partial charge is 0.134 e. The molecule has 17 heavy (non-hydrogen) atoms. The molecule has 1 fully saturated rings. The van der Waals surface area contributed by atoms with Gasteiger partial charge in [0.2, 0.25) is 0 Å². The Balaban J connectivity index is 1.85. The van der Waals surface area contributed by atoms with Crippen LogP contribution in [0.5, 0.6) is 0 Å². The van der Waals surface area contributed by atoms with Crippen molar-refractivity contribution in [1.29, 1.82) is 0 Å². The van der Waals surface area contributed by atoms with Crippen LogP contribution in [-0.4, -0.2) is 16.0 Å². The molecular formula is C12H12ClN3S. The van der Waals surface area contributed by atoms with Crippen LogP contribution in [0, 0.1) is 0 Å². The molecule has 2 heterocycles. The normalized spacial score (nSPS) is 14.9. The van der Waals surface area contributed by atoms with E-state index in [1.54, 1.807) is 11.3 Å². The first-order valence-corrected chi connectivity index (χ1v) is 6.85. The van der Waals surface area contributed by atoms with Crippen molar-refractivity contribution in [2.45, 2.75) is 25.4 Å². The summed E-state index contributed by atoms with van der Waals surface area (Å²) in [4.78, 5) is 11.9. The summed E-state index contributed by atoms with van der Waals surface area (Å²) < 4.78 is 0. The van der Waals surface area contributed by atoms with Gasteiger partial charge in [0.25, 0.3) is 0 Å². The first kappa shape index (κ1) is 11.0. The molecule has 0 saturated heterocycles. The maximum absolute atomic E-state index is 5.92. The molecule has 3 rings (SSSR count). The minimum atomic E-state index is 0.506. The van der Waals surface area contributed by atoms with Gasteiger partial charge in [-0.05, 0) is 24.3 Å². The zero-order valence-corrected chi connectivity index (χ0v) is 10.8. The summed E-state index contributed by atoms with van der Waals surface area (Å²) in [5.74, 6) is 0.931. The highest BCUT2D eigenvalue weighted by Crippen LogP contribution is 2.33. The second-order valence-electron chi connectivity index (χ2n) is 4.14. The zero-order chi connectivity index (χ0) is 11.7. The molecular weight excluding hydrogens is 254 g/mol. The largest absolute Gasteiger partial charge is 0.348 e. The number of halogens is 1. The fourth-order valence-corrected chi connectivity index (χ4v) is 2.68. The average molecular weight is 266 g/mol.